The fourth-order valence-electron chi connectivity index (χ4n) is 1.51. The van der Waals surface area contributed by atoms with Gasteiger partial charge >= 0.3 is 11.9 Å². The molecule has 0 aromatic rings. The van der Waals surface area contributed by atoms with E-state index in [-0.39, 0.29) is 6.42 Å². The van der Waals surface area contributed by atoms with Crippen molar-refractivity contribution in [3.8, 4) is 0 Å². The molecule has 3 amide bonds. The van der Waals surface area contributed by atoms with E-state index in [1.807, 2.05) is 5.32 Å². The number of nitrogens with one attached hydrogen (secondary N) is 2. The van der Waals surface area contributed by atoms with Crippen LogP contribution < -0.4 is 22.1 Å². The molecule has 3 unspecified atom stereocenters. The maximum absolute atomic E-state index is 12.0. The number of rotatable bonds is 10. The number of carbonyl (C=O) groups excluding carboxylic acids is 3. The summed E-state index contributed by atoms with van der Waals surface area (Å²) in [5, 5.41) is 21.8. The molecule has 8 N–H and O–H groups in total. The van der Waals surface area contributed by atoms with Crippen molar-refractivity contribution in [2.45, 2.75) is 44.3 Å². The van der Waals surface area contributed by atoms with Crippen LogP contribution >= 0.6 is 0 Å². The summed E-state index contributed by atoms with van der Waals surface area (Å²) >= 11 is 0. The largest absolute Gasteiger partial charge is 0.481 e. The van der Waals surface area contributed by atoms with Crippen LogP contribution in [0.25, 0.3) is 0 Å². The Labute approximate surface area is 131 Å². The molecule has 23 heavy (non-hydrogen) atoms. The highest BCUT2D eigenvalue weighted by molar-refractivity contribution is 5.93. The van der Waals surface area contributed by atoms with Gasteiger partial charge in [0.1, 0.15) is 12.1 Å². The third-order valence-electron chi connectivity index (χ3n) is 2.71. The molecule has 0 aliphatic heterocycles. The quantitative estimate of drug-likeness (QED) is 0.245. The van der Waals surface area contributed by atoms with Crippen LogP contribution in [-0.2, 0) is 24.0 Å². The Bertz CT molecular complexity index is 492. The molecule has 0 bridgehead atoms. The van der Waals surface area contributed by atoms with Crippen LogP contribution in [0.4, 0.5) is 0 Å². The van der Waals surface area contributed by atoms with Crippen molar-refractivity contribution < 1.29 is 34.2 Å². The number of hydrogen-bond acceptors (Lipinski definition) is 6. The average molecular weight is 332 g/mol. The minimum atomic E-state index is -1.58. The predicted octanol–water partition coefficient (Wildman–Crippen LogP) is -2.87. The lowest BCUT2D eigenvalue weighted by Crippen LogP contribution is -2.54. The van der Waals surface area contributed by atoms with Crippen LogP contribution in [0.15, 0.2) is 0 Å². The fourth-order valence-corrected chi connectivity index (χ4v) is 1.51. The van der Waals surface area contributed by atoms with Crippen LogP contribution in [0, 0.1) is 0 Å². The van der Waals surface area contributed by atoms with E-state index in [1.165, 1.54) is 6.92 Å². The minimum Gasteiger partial charge on any atom is -0.481 e. The van der Waals surface area contributed by atoms with Gasteiger partial charge in [-0.3, -0.25) is 19.2 Å². The van der Waals surface area contributed by atoms with Crippen molar-refractivity contribution in [2.24, 2.45) is 11.5 Å². The topological polar surface area (TPSA) is 202 Å². The van der Waals surface area contributed by atoms with E-state index in [2.05, 4.69) is 5.32 Å². The number of carboxylic acids is 2. The molecule has 0 saturated heterocycles. The van der Waals surface area contributed by atoms with Gasteiger partial charge in [-0.15, -0.1) is 0 Å². The van der Waals surface area contributed by atoms with Gasteiger partial charge < -0.3 is 32.3 Å². The molecule has 0 heterocycles. The standard InChI is InChI=1S/C12H20N4O7/c1-5(13)10(20)15-6(2-3-9(18)19)11(21)16-7(12(22)23)4-8(14)17/h5-7H,2-4,13H2,1H3,(H2,14,17)(H,15,20)(H,16,21)(H,18,19)(H,22,23). The molecule has 0 saturated carbocycles. The normalized spacial score (nSPS) is 14.2. The second-order valence-corrected chi connectivity index (χ2v) is 4.85. The Morgan fingerprint density at radius 1 is 1.00 bits per heavy atom. The fraction of sp³-hybridized carbons (Fsp3) is 0.583. The van der Waals surface area contributed by atoms with E-state index < -0.39 is 60.6 Å². The number of nitrogens with two attached hydrogens (primary N) is 2. The highest BCUT2D eigenvalue weighted by Crippen LogP contribution is 2.01. The molecular weight excluding hydrogens is 312 g/mol. The Balaban J connectivity index is 5.00. The summed E-state index contributed by atoms with van der Waals surface area (Å²) in [6.07, 6.45) is -1.36. The number of carboxylic acid groups (broad SMARTS) is 2. The van der Waals surface area contributed by atoms with Gasteiger partial charge in [0.25, 0.3) is 0 Å². The molecule has 0 aliphatic carbocycles. The first-order valence-electron chi connectivity index (χ1n) is 6.63. The zero-order valence-corrected chi connectivity index (χ0v) is 12.4. The number of aliphatic carboxylic acids is 2. The van der Waals surface area contributed by atoms with E-state index >= 15 is 0 Å². The van der Waals surface area contributed by atoms with Crippen molar-refractivity contribution in [3.05, 3.63) is 0 Å². The number of amides is 3. The summed E-state index contributed by atoms with van der Waals surface area (Å²) in [6.45, 7) is 1.36. The Hall–Kier alpha value is -2.69. The summed E-state index contributed by atoms with van der Waals surface area (Å²) in [7, 11) is 0. The Kier molecular flexibility index (Phi) is 8.26. The second kappa shape index (κ2) is 9.35. The molecule has 130 valence electrons. The second-order valence-electron chi connectivity index (χ2n) is 4.85. The SMILES string of the molecule is CC(N)C(=O)NC(CCC(=O)O)C(=O)NC(CC(N)=O)C(=O)O. The van der Waals surface area contributed by atoms with E-state index in [0.29, 0.717) is 0 Å². The monoisotopic (exact) mass is 332 g/mol. The summed E-state index contributed by atoms with van der Waals surface area (Å²) < 4.78 is 0. The maximum Gasteiger partial charge on any atom is 0.326 e. The Morgan fingerprint density at radius 2 is 1.52 bits per heavy atom. The molecule has 0 aromatic heterocycles. The smallest absolute Gasteiger partial charge is 0.326 e. The van der Waals surface area contributed by atoms with Gasteiger partial charge in [0.05, 0.1) is 12.5 Å². The first-order chi connectivity index (χ1) is 10.5. The zero-order chi connectivity index (χ0) is 18.2. The first kappa shape index (κ1) is 20.3. The molecule has 0 rings (SSSR count). The lowest BCUT2D eigenvalue weighted by molar-refractivity contribution is -0.144. The highest BCUT2D eigenvalue weighted by atomic mass is 16.4. The average Bonchev–Trinajstić information content (AvgIpc) is 2.41. The van der Waals surface area contributed by atoms with Crippen molar-refractivity contribution in [2.75, 3.05) is 0 Å². The van der Waals surface area contributed by atoms with Crippen molar-refractivity contribution in [1.82, 2.24) is 10.6 Å². The summed E-state index contributed by atoms with van der Waals surface area (Å²) in [5.74, 6) is -5.30. The van der Waals surface area contributed by atoms with Crippen LogP contribution in [0.3, 0.4) is 0 Å². The van der Waals surface area contributed by atoms with Crippen molar-refractivity contribution in [3.63, 3.8) is 0 Å². The predicted molar refractivity (Wildman–Crippen MR) is 75.8 cm³/mol. The zero-order valence-electron chi connectivity index (χ0n) is 12.4. The summed E-state index contributed by atoms with van der Waals surface area (Å²) in [6, 6.07) is -3.84. The van der Waals surface area contributed by atoms with Crippen molar-refractivity contribution in [1.29, 1.82) is 0 Å². The van der Waals surface area contributed by atoms with E-state index in [4.69, 9.17) is 21.7 Å². The number of carbonyl (C=O) groups is 5. The molecule has 3 atom stereocenters. The van der Waals surface area contributed by atoms with Crippen LogP contribution in [0.2, 0.25) is 0 Å². The minimum absolute atomic E-state index is 0.275. The first-order valence-corrected chi connectivity index (χ1v) is 6.63. The molecule has 0 radical (unpaired) electrons. The molecule has 11 heteroatoms. The molecule has 0 aliphatic rings. The van der Waals surface area contributed by atoms with Gasteiger partial charge in [-0.2, -0.15) is 0 Å². The molecule has 0 spiro atoms. The lowest BCUT2D eigenvalue weighted by atomic mass is 10.1. The summed E-state index contributed by atoms with van der Waals surface area (Å²) in [5.41, 5.74) is 10.2. The van der Waals surface area contributed by atoms with E-state index in [0.717, 1.165) is 0 Å². The van der Waals surface area contributed by atoms with E-state index in [1.54, 1.807) is 0 Å². The van der Waals surface area contributed by atoms with Gasteiger partial charge in [-0.1, -0.05) is 0 Å². The van der Waals surface area contributed by atoms with Gasteiger partial charge in [0.15, 0.2) is 0 Å². The Morgan fingerprint density at radius 3 is 1.91 bits per heavy atom. The molecular formula is C12H20N4O7. The summed E-state index contributed by atoms with van der Waals surface area (Å²) in [4.78, 5) is 55.9. The molecule has 11 nitrogen and oxygen atoms in total. The molecule has 0 aromatic carbocycles. The number of primary amides is 1. The highest BCUT2D eigenvalue weighted by Gasteiger charge is 2.28. The third-order valence-corrected chi connectivity index (χ3v) is 2.71. The van der Waals surface area contributed by atoms with Crippen molar-refractivity contribution >= 4 is 29.7 Å². The maximum atomic E-state index is 12.0. The lowest BCUT2D eigenvalue weighted by Gasteiger charge is -2.21. The third kappa shape index (κ3) is 8.36. The van der Waals surface area contributed by atoms with Crippen LogP contribution in [0.5, 0.6) is 0 Å². The van der Waals surface area contributed by atoms with E-state index in [9.17, 15) is 24.0 Å². The van der Waals surface area contributed by atoms with Gasteiger partial charge in [-0.25, -0.2) is 4.79 Å². The molecule has 0 fully saturated rings. The van der Waals surface area contributed by atoms with Gasteiger partial charge in [-0.05, 0) is 13.3 Å². The number of hydrogen-bond donors (Lipinski definition) is 6. The van der Waals surface area contributed by atoms with Gasteiger partial charge in [0, 0.05) is 6.42 Å². The van der Waals surface area contributed by atoms with Crippen LogP contribution in [0.1, 0.15) is 26.2 Å². The van der Waals surface area contributed by atoms with Gasteiger partial charge in [0.2, 0.25) is 17.7 Å². The van der Waals surface area contributed by atoms with Crippen LogP contribution in [-0.4, -0.2) is 58.0 Å².